The predicted octanol–water partition coefficient (Wildman–Crippen LogP) is 4.16. The van der Waals surface area contributed by atoms with Crippen LogP contribution in [-0.4, -0.2) is 28.9 Å². The molecule has 0 aliphatic heterocycles. The summed E-state index contributed by atoms with van der Waals surface area (Å²) in [5, 5.41) is 0. The molecule has 0 amide bonds. The monoisotopic (exact) mass is 370 g/mol. The Balaban J connectivity index is -0.0000000886. The van der Waals surface area contributed by atoms with E-state index in [9.17, 15) is 0 Å². The topological polar surface area (TPSA) is 0 Å². The van der Waals surface area contributed by atoms with Crippen molar-refractivity contribution in [1.29, 1.82) is 0 Å². The summed E-state index contributed by atoms with van der Waals surface area (Å²) in [4.78, 5) is 0. The van der Waals surface area contributed by atoms with Crippen LogP contribution in [-0.2, 0) is 0 Å². The molecular formula is C2H6Cl6GeSi2. The molecule has 0 rings (SSSR count). The van der Waals surface area contributed by atoms with Crippen LogP contribution in [0.4, 0.5) is 0 Å². The van der Waals surface area contributed by atoms with E-state index >= 15 is 0 Å². The fourth-order valence-electron chi connectivity index (χ4n) is 0. The molecule has 4 radical (unpaired) electrons. The maximum absolute atomic E-state index is 4.91. The quantitative estimate of drug-likeness (QED) is 0.443. The molecule has 0 aromatic carbocycles. The Kier molecular flexibility index (Phi) is 32.5. The summed E-state index contributed by atoms with van der Waals surface area (Å²) in [7, 11) is 0. The maximum atomic E-state index is 4.91. The number of hydrogen-bond acceptors (Lipinski definition) is 0. The number of rotatable bonds is 0. The van der Waals surface area contributed by atoms with Gasteiger partial charge in [-0.15, -0.1) is 66.5 Å². The molecule has 0 nitrogen and oxygen atoms in total. The van der Waals surface area contributed by atoms with Crippen LogP contribution in [0.15, 0.2) is 0 Å². The first-order chi connectivity index (χ1) is 4.88. The van der Waals surface area contributed by atoms with Gasteiger partial charge < -0.3 is 0 Å². The van der Waals surface area contributed by atoms with Crippen molar-refractivity contribution in [1.82, 2.24) is 0 Å². The van der Waals surface area contributed by atoms with Crippen molar-refractivity contribution in [2.45, 2.75) is 11.5 Å². The Morgan fingerprint density at radius 2 is 0.727 bits per heavy atom. The van der Waals surface area contributed by atoms with Gasteiger partial charge in [0.25, 0.3) is 0 Å². The van der Waals surface area contributed by atoms with Gasteiger partial charge in [-0.2, -0.15) is 0 Å². The zero-order valence-electron chi connectivity index (χ0n) is 5.77. The van der Waals surface area contributed by atoms with Crippen LogP contribution in [0.1, 0.15) is 0 Å². The van der Waals surface area contributed by atoms with Crippen LogP contribution in [0.3, 0.4) is 0 Å². The SMILES string of the molecule is Cl[Si](Cl)Cl.Cl[Si](Cl)Cl.[CH3][Ge][CH3]. The van der Waals surface area contributed by atoms with E-state index in [1.165, 1.54) is 0 Å². The van der Waals surface area contributed by atoms with Crippen molar-refractivity contribution in [3.63, 3.8) is 0 Å². The van der Waals surface area contributed by atoms with Crippen LogP contribution in [0.5, 0.6) is 0 Å². The zero-order chi connectivity index (χ0) is 9.86. The van der Waals surface area contributed by atoms with E-state index in [1.54, 1.807) is 0 Å². The molecule has 0 atom stereocenters. The van der Waals surface area contributed by atoms with Crippen molar-refractivity contribution in [2.24, 2.45) is 0 Å². The van der Waals surface area contributed by atoms with Gasteiger partial charge in [0, 0.05) is 0 Å². The van der Waals surface area contributed by atoms with Crippen molar-refractivity contribution >= 4 is 95.4 Å². The molecule has 0 aliphatic rings. The van der Waals surface area contributed by atoms with Crippen LogP contribution in [0.2, 0.25) is 11.5 Å². The molecule has 0 aliphatic carbocycles. The molecule has 0 spiro atoms. The number of halogens is 6. The predicted molar refractivity (Wildman–Crippen MR) is 64.1 cm³/mol. The summed E-state index contributed by atoms with van der Waals surface area (Å²) in [6, 6.07) is 0. The van der Waals surface area contributed by atoms with Crippen molar-refractivity contribution in [3.8, 4) is 0 Å². The van der Waals surface area contributed by atoms with Gasteiger partial charge in [0.15, 0.2) is 0 Å². The third-order valence-electron chi connectivity index (χ3n) is 0. The van der Waals surface area contributed by atoms with Gasteiger partial charge in [-0.25, -0.2) is 0 Å². The molecule has 68 valence electrons. The molecule has 9 heteroatoms. The Hall–Kier alpha value is 2.72. The summed E-state index contributed by atoms with van der Waals surface area (Å²) in [5.74, 6) is 4.50. The molecule has 0 heterocycles. The van der Waals surface area contributed by atoms with E-state index < -0.39 is 13.5 Å². The van der Waals surface area contributed by atoms with Crippen LogP contribution in [0.25, 0.3) is 0 Å². The fourth-order valence-corrected chi connectivity index (χ4v) is 0. The standard InChI is InChI=1S/C2H6Ge.2Cl3Si/c1-3-2;2*1-4(2)3/h1-2H3;;. The van der Waals surface area contributed by atoms with Gasteiger partial charge in [-0.05, 0) is 0 Å². The van der Waals surface area contributed by atoms with Gasteiger partial charge in [0.05, 0.1) is 0 Å². The fraction of sp³-hybridized carbons (Fsp3) is 1.00. The van der Waals surface area contributed by atoms with Crippen molar-refractivity contribution in [2.75, 3.05) is 0 Å². The van der Waals surface area contributed by atoms with E-state index in [-0.39, 0.29) is 0 Å². The molecule has 0 N–H and O–H groups in total. The average molecular weight is 372 g/mol. The van der Waals surface area contributed by atoms with Gasteiger partial charge in [0.1, 0.15) is 0 Å². The Morgan fingerprint density at radius 1 is 0.727 bits per heavy atom. The molecule has 0 unspecified atom stereocenters. The van der Waals surface area contributed by atoms with Gasteiger partial charge in [-0.3, -0.25) is 0 Å². The summed E-state index contributed by atoms with van der Waals surface area (Å²) < 4.78 is 0. The van der Waals surface area contributed by atoms with Gasteiger partial charge >= 0.3 is 40.4 Å². The van der Waals surface area contributed by atoms with Crippen LogP contribution in [0, 0.1) is 0 Å². The molecule has 0 saturated heterocycles. The van der Waals surface area contributed by atoms with Crippen LogP contribution < -0.4 is 0 Å². The van der Waals surface area contributed by atoms with E-state index in [1.807, 2.05) is 0 Å². The normalized spacial score (nSPS) is 8.18. The summed E-state index contributed by atoms with van der Waals surface area (Å²) in [6.07, 6.45) is 0. The van der Waals surface area contributed by atoms with Crippen LogP contribution >= 0.6 is 66.5 Å². The second-order valence-electron chi connectivity index (χ2n) is 0.929. The average Bonchev–Trinajstić information content (AvgIpc) is 1.60. The van der Waals surface area contributed by atoms with Crippen molar-refractivity contribution in [3.05, 3.63) is 0 Å². The van der Waals surface area contributed by atoms with E-state index in [0.717, 1.165) is 0 Å². The van der Waals surface area contributed by atoms with Gasteiger partial charge in [-0.1, -0.05) is 0 Å². The van der Waals surface area contributed by atoms with Crippen molar-refractivity contribution < 1.29 is 0 Å². The molecule has 0 fully saturated rings. The number of hydrogen-bond donors (Lipinski definition) is 0. The first-order valence-corrected chi connectivity index (χ1v) is 15.4. The van der Waals surface area contributed by atoms with E-state index in [4.69, 9.17) is 66.5 Å². The minimum absolute atomic E-state index is 0.500. The Bertz CT molecular complexity index is 42.3. The summed E-state index contributed by atoms with van der Waals surface area (Å²) in [6.45, 7) is -2.93. The van der Waals surface area contributed by atoms with Gasteiger partial charge in [0.2, 0.25) is 0 Å². The zero-order valence-corrected chi connectivity index (χ0v) is 14.4. The first kappa shape index (κ1) is 19.3. The second kappa shape index (κ2) is 18.5. The second-order valence-corrected chi connectivity index (χ2v) is 14.2. The summed E-state index contributed by atoms with van der Waals surface area (Å²) in [5.41, 5.74) is 0. The van der Waals surface area contributed by atoms with E-state index in [0.29, 0.717) is 15.4 Å². The summed E-state index contributed by atoms with van der Waals surface area (Å²) >= 11 is 29.9. The first-order valence-electron chi connectivity index (χ1n) is 2.13. The molecular weight excluding hydrogens is 366 g/mol. The molecule has 0 aromatic heterocycles. The molecule has 0 saturated carbocycles. The molecule has 0 bridgehead atoms. The Labute approximate surface area is 106 Å². The molecule has 0 aromatic rings. The third-order valence-corrected chi connectivity index (χ3v) is 0. The minimum atomic E-state index is -1.46. The van der Waals surface area contributed by atoms with E-state index in [2.05, 4.69) is 11.5 Å². The third kappa shape index (κ3) is 198. The molecule has 11 heavy (non-hydrogen) atoms. The Morgan fingerprint density at radius 3 is 0.727 bits per heavy atom.